The van der Waals surface area contributed by atoms with Crippen LogP contribution in [0.3, 0.4) is 0 Å². The largest absolute Gasteiger partial charge is 0.325 e. The van der Waals surface area contributed by atoms with E-state index < -0.39 is 5.82 Å². The second-order valence-corrected chi connectivity index (χ2v) is 6.62. The molecule has 2 N–H and O–H groups in total. The molecule has 0 unspecified atom stereocenters. The molecule has 1 aliphatic rings. The minimum absolute atomic E-state index is 0.0358. The number of likely N-dealkylation sites (N-methyl/N-ethyl adjacent to an activating group) is 1. The van der Waals surface area contributed by atoms with Gasteiger partial charge in [0.25, 0.3) is 0 Å². The number of hydrogen-bond acceptors (Lipinski definition) is 3. The summed E-state index contributed by atoms with van der Waals surface area (Å²) in [7, 11) is 1.69. The van der Waals surface area contributed by atoms with Crippen molar-refractivity contribution in [2.24, 2.45) is 0 Å². The molecule has 0 radical (unpaired) electrons. The molecule has 5 nitrogen and oxygen atoms in total. The average Bonchev–Trinajstić information content (AvgIpc) is 3.01. The van der Waals surface area contributed by atoms with E-state index in [9.17, 15) is 14.0 Å². The maximum atomic E-state index is 13.1. The summed E-state index contributed by atoms with van der Waals surface area (Å²) in [6, 6.07) is 11.7. The predicted molar refractivity (Wildman–Crippen MR) is 99.6 cm³/mol. The second-order valence-electron chi connectivity index (χ2n) is 6.62. The highest BCUT2D eigenvalue weighted by molar-refractivity contribution is 5.94. The van der Waals surface area contributed by atoms with Crippen LogP contribution in [0.2, 0.25) is 0 Å². The first-order valence-corrected chi connectivity index (χ1v) is 8.65. The van der Waals surface area contributed by atoms with E-state index >= 15 is 0 Å². The number of carbonyl (C=O) groups is 2. The first-order valence-electron chi connectivity index (χ1n) is 8.65. The molecule has 136 valence electrons. The molecule has 0 bridgehead atoms. The molecule has 6 heteroatoms. The van der Waals surface area contributed by atoms with Gasteiger partial charge in [-0.15, -0.1) is 0 Å². The molecule has 0 aromatic heterocycles. The van der Waals surface area contributed by atoms with Crippen molar-refractivity contribution in [3.63, 3.8) is 0 Å². The molecule has 3 rings (SSSR count). The van der Waals surface area contributed by atoms with Crippen molar-refractivity contribution in [1.29, 1.82) is 0 Å². The Kier molecular flexibility index (Phi) is 5.63. The van der Waals surface area contributed by atoms with Crippen LogP contribution >= 0.6 is 0 Å². The molecule has 2 aromatic rings. The van der Waals surface area contributed by atoms with Gasteiger partial charge in [-0.25, -0.2) is 4.39 Å². The fourth-order valence-corrected chi connectivity index (χ4v) is 3.16. The summed E-state index contributed by atoms with van der Waals surface area (Å²) in [4.78, 5) is 25.8. The molecule has 0 atom stereocenters. The first kappa shape index (κ1) is 18.1. The van der Waals surface area contributed by atoms with Crippen LogP contribution in [0.15, 0.2) is 42.5 Å². The number of nitrogens with one attached hydrogen (secondary N) is 2. The van der Waals surface area contributed by atoms with Gasteiger partial charge in [-0.1, -0.05) is 12.1 Å². The van der Waals surface area contributed by atoms with Crippen molar-refractivity contribution < 1.29 is 14.0 Å². The van der Waals surface area contributed by atoms with Crippen LogP contribution < -0.4 is 10.6 Å². The van der Waals surface area contributed by atoms with Gasteiger partial charge >= 0.3 is 0 Å². The lowest BCUT2D eigenvalue weighted by Crippen LogP contribution is -2.36. The summed E-state index contributed by atoms with van der Waals surface area (Å²) in [5.41, 5.74) is 3.83. The topological polar surface area (TPSA) is 61.4 Å². The summed E-state index contributed by atoms with van der Waals surface area (Å²) >= 11 is 0. The van der Waals surface area contributed by atoms with Crippen molar-refractivity contribution in [2.75, 3.05) is 30.8 Å². The number of halogens is 1. The molecular weight excluding hydrogens is 333 g/mol. The van der Waals surface area contributed by atoms with Crippen LogP contribution in [-0.4, -0.2) is 36.9 Å². The number of hydrogen-bond donors (Lipinski definition) is 2. The molecule has 0 saturated heterocycles. The minimum Gasteiger partial charge on any atom is -0.325 e. The zero-order chi connectivity index (χ0) is 18.5. The highest BCUT2D eigenvalue weighted by atomic mass is 19.1. The molecule has 2 aromatic carbocycles. The van der Waals surface area contributed by atoms with Crippen molar-refractivity contribution >= 4 is 23.2 Å². The minimum atomic E-state index is -0.412. The maximum absolute atomic E-state index is 13.1. The van der Waals surface area contributed by atoms with E-state index in [1.54, 1.807) is 18.0 Å². The maximum Gasteiger partial charge on any atom is 0.238 e. The summed E-state index contributed by atoms with van der Waals surface area (Å²) in [6.45, 7) is 0.127. The van der Waals surface area contributed by atoms with Crippen LogP contribution in [0.5, 0.6) is 0 Å². The van der Waals surface area contributed by atoms with Crippen LogP contribution in [-0.2, 0) is 22.4 Å². The Morgan fingerprint density at radius 3 is 2.31 bits per heavy atom. The van der Waals surface area contributed by atoms with Crippen LogP contribution in [0.4, 0.5) is 15.8 Å². The van der Waals surface area contributed by atoms with Gasteiger partial charge in [0.05, 0.1) is 13.1 Å². The van der Waals surface area contributed by atoms with Gasteiger partial charge in [-0.2, -0.15) is 0 Å². The van der Waals surface area contributed by atoms with Gasteiger partial charge in [-0.05, 0) is 67.8 Å². The fraction of sp³-hybridized carbons (Fsp3) is 0.300. The lowest BCUT2D eigenvalue weighted by atomic mass is 10.1. The summed E-state index contributed by atoms with van der Waals surface area (Å²) < 4.78 is 13.1. The SMILES string of the molecule is CN(CC(=O)Nc1cccc(F)c1)CC(=O)Nc1ccc2c(c1)CCC2. The Hall–Kier alpha value is -2.73. The molecule has 26 heavy (non-hydrogen) atoms. The van der Waals surface area contributed by atoms with Crippen LogP contribution in [0, 0.1) is 5.82 Å². The van der Waals surface area contributed by atoms with Gasteiger partial charge in [0, 0.05) is 11.4 Å². The number of nitrogens with zero attached hydrogens (tertiary/aromatic N) is 1. The van der Waals surface area contributed by atoms with Crippen LogP contribution in [0.25, 0.3) is 0 Å². The predicted octanol–water partition coefficient (Wildman–Crippen LogP) is 2.82. The third kappa shape index (κ3) is 4.89. The molecule has 0 aliphatic heterocycles. The summed E-state index contributed by atoms with van der Waals surface area (Å²) in [5, 5.41) is 5.48. The van der Waals surface area contributed by atoms with Crippen LogP contribution in [0.1, 0.15) is 17.5 Å². The van der Waals surface area contributed by atoms with E-state index in [1.165, 1.54) is 29.3 Å². The standard InChI is InChI=1S/C20H22FN3O2/c1-24(12-19(25)22-17-7-3-6-16(21)11-17)13-20(26)23-18-9-8-14-4-2-5-15(14)10-18/h3,6-11H,2,4-5,12-13H2,1H3,(H,22,25)(H,23,26). The molecule has 0 fully saturated rings. The van der Waals surface area contributed by atoms with E-state index in [4.69, 9.17) is 0 Å². The first-order chi connectivity index (χ1) is 12.5. The number of amides is 2. The van der Waals surface area contributed by atoms with E-state index in [-0.39, 0.29) is 24.9 Å². The lowest BCUT2D eigenvalue weighted by Gasteiger charge is -2.16. The monoisotopic (exact) mass is 355 g/mol. The number of aryl methyl sites for hydroxylation is 2. The van der Waals surface area contributed by atoms with E-state index in [2.05, 4.69) is 16.7 Å². The molecule has 2 amide bonds. The summed E-state index contributed by atoms with van der Waals surface area (Å²) in [6.07, 6.45) is 3.32. The average molecular weight is 355 g/mol. The van der Waals surface area contributed by atoms with Gasteiger partial charge in [0.2, 0.25) is 11.8 Å². The van der Waals surface area contributed by atoms with Gasteiger partial charge in [-0.3, -0.25) is 14.5 Å². The van der Waals surface area contributed by atoms with Crippen molar-refractivity contribution in [2.45, 2.75) is 19.3 Å². The Bertz CT molecular complexity index is 822. The third-order valence-electron chi connectivity index (χ3n) is 4.32. The van der Waals surface area contributed by atoms with E-state index in [0.717, 1.165) is 24.9 Å². The van der Waals surface area contributed by atoms with Crippen molar-refractivity contribution in [3.05, 3.63) is 59.4 Å². The zero-order valence-corrected chi connectivity index (χ0v) is 14.7. The quantitative estimate of drug-likeness (QED) is 0.838. The second kappa shape index (κ2) is 8.10. The number of fused-ring (bicyclic) bond motifs is 1. The molecule has 0 saturated carbocycles. The Balaban J connectivity index is 1.47. The van der Waals surface area contributed by atoms with Gasteiger partial charge < -0.3 is 10.6 Å². The number of carbonyl (C=O) groups excluding carboxylic acids is 2. The molecule has 0 spiro atoms. The molecular formula is C20H22FN3O2. The Morgan fingerprint density at radius 2 is 1.62 bits per heavy atom. The van der Waals surface area contributed by atoms with Gasteiger partial charge in [0.15, 0.2) is 0 Å². The van der Waals surface area contributed by atoms with E-state index in [1.807, 2.05) is 12.1 Å². The van der Waals surface area contributed by atoms with Crippen molar-refractivity contribution in [3.8, 4) is 0 Å². The van der Waals surface area contributed by atoms with Gasteiger partial charge in [0.1, 0.15) is 5.82 Å². The highest BCUT2D eigenvalue weighted by Gasteiger charge is 2.14. The third-order valence-corrected chi connectivity index (χ3v) is 4.32. The van der Waals surface area contributed by atoms with Crippen molar-refractivity contribution in [1.82, 2.24) is 4.90 Å². The van der Waals surface area contributed by atoms with E-state index in [0.29, 0.717) is 5.69 Å². The lowest BCUT2D eigenvalue weighted by molar-refractivity contribution is -0.119. The molecule has 1 aliphatic carbocycles. The smallest absolute Gasteiger partial charge is 0.238 e. The summed E-state index contributed by atoms with van der Waals surface area (Å²) in [5.74, 6) is -0.891. The Labute approximate surface area is 152 Å². The Morgan fingerprint density at radius 1 is 0.962 bits per heavy atom. The number of rotatable bonds is 6. The fourth-order valence-electron chi connectivity index (χ4n) is 3.16. The zero-order valence-electron chi connectivity index (χ0n) is 14.7. The number of benzene rings is 2. The molecule has 0 heterocycles. The normalized spacial score (nSPS) is 12.7. The highest BCUT2D eigenvalue weighted by Crippen LogP contribution is 2.24. The number of anilines is 2.